The second-order valence-electron chi connectivity index (χ2n) is 4.99. The normalized spacial score (nSPS) is 10.7. The van der Waals surface area contributed by atoms with Crippen LogP contribution in [0.1, 0.15) is 21.6 Å². The Labute approximate surface area is 122 Å². The fourth-order valence-electron chi connectivity index (χ4n) is 2.27. The number of nitrogen functional groups attached to an aromatic ring is 1. The largest absolute Gasteiger partial charge is 0.399 e. The summed E-state index contributed by atoms with van der Waals surface area (Å²) in [5.74, 6) is -0.213. The van der Waals surface area contributed by atoms with Gasteiger partial charge >= 0.3 is 0 Å². The van der Waals surface area contributed by atoms with Gasteiger partial charge in [-0.05, 0) is 36.2 Å². The number of aromatic nitrogens is 2. The molecule has 1 amide bonds. The van der Waals surface area contributed by atoms with Crippen LogP contribution in [-0.4, -0.2) is 16.1 Å². The molecule has 0 atom stereocenters. The number of H-pyrrole nitrogens is 1. The molecule has 5 heteroatoms. The molecule has 0 bridgehead atoms. The zero-order chi connectivity index (χ0) is 14.8. The number of nitrogens with zero attached hydrogens (tertiary/aromatic N) is 1. The van der Waals surface area contributed by atoms with Crippen molar-refractivity contribution in [3.05, 3.63) is 59.3 Å². The average molecular weight is 280 g/mol. The van der Waals surface area contributed by atoms with Crippen LogP contribution in [0.4, 0.5) is 5.69 Å². The lowest BCUT2D eigenvalue weighted by molar-refractivity contribution is 0.0947. The van der Waals surface area contributed by atoms with Crippen LogP contribution in [0.5, 0.6) is 0 Å². The van der Waals surface area contributed by atoms with E-state index in [0.717, 1.165) is 22.0 Å². The molecule has 0 aliphatic rings. The van der Waals surface area contributed by atoms with Gasteiger partial charge in [0.25, 0.3) is 5.91 Å². The van der Waals surface area contributed by atoms with Crippen molar-refractivity contribution >= 4 is 22.5 Å². The predicted octanol–water partition coefficient (Wildman–Crippen LogP) is 2.38. The van der Waals surface area contributed by atoms with Crippen LogP contribution in [0.2, 0.25) is 0 Å². The summed E-state index contributed by atoms with van der Waals surface area (Å²) in [6, 6.07) is 13.3. The predicted molar refractivity (Wildman–Crippen MR) is 82.9 cm³/mol. The van der Waals surface area contributed by atoms with Crippen molar-refractivity contribution in [2.75, 3.05) is 5.73 Å². The SMILES string of the molecule is Cc1ccccc1CNC(=O)c1n[nH]c2ccc(N)cc12. The van der Waals surface area contributed by atoms with Gasteiger partial charge in [0.15, 0.2) is 5.69 Å². The molecule has 1 heterocycles. The van der Waals surface area contributed by atoms with E-state index in [-0.39, 0.29) is 5.91 Å². The van der Waals surface area contributed by atoms with Crippen molar-refractivity contribution in [2.45, 2.75) is 13.5 Å². The quantitative estimate of drug-likeness (QED) is 0.644. The molecule has 21 heavy (non-hydrogen) atoms. The highest BCUT2D eigenvalue weighted by Crippen LogP contribution is 2.19. The van der Waals surface area contributed by atoms with E-state index in [0.29, 0.717) is 17.9 Å². The van der Waals surface area contributed by atoms with E-state index >= 15 is 0 Å². The molecule has 0 saturated carbocycles. The molecule has 3 rings (SSSR count). The van der Waals surface area contributed by atoms with Crippen molar-refractivity contribution in [3.63, 3.8) is 0 Å². The van der Waals surface area contributed by atoms with Gasteiger partial charge in [0.2, 0.25) is 0 Å². The van der Waals surface area contributed by atoms with Crippen LogP contribution in [0.15, 0.2) is 42.5 Å². The summed E-state index contributed by atoms with van der Waals surface area (Å²) in [6.07, 6.45) is 0. The Balaban J connectivity index is 1.81. The highest BCUT2D eigenvalue weighted by Gasteiger charge is 2.14. The maximum atomic E-state index is 12.3. The topological polar surface area (TPSA) is 83.8 Å². The lowest BCUT2D eigenvalue weighted by Gasteiger charge is -2.06. The van der Waals surface area contributed by atoms with Gasteiger partial charge in [-0.1, -0.05) is 24.3 Å². The number of hydrogen-bond acceptors (Lipinski definition) is 3. The fraction of sp³-hybridized carbons (Fsp3) is 0.125. The van der Waals surface area contributed by atoms with E-state index in [1.165, 1.54) is 0 Å². The molecule has 0 fully saturated rings. The number of fused-ring (bicyclic) bond motifs is 1. The van der Waals surface area contributed by atoms with Gasteiger partial charge in [-0.25, -0.2) is 0 Å². The molecule has 3 aromatic rings. The second kappa shape index (κ2) is 5.28. The van der Waals surface area contributed by atoms with Crippen molar-refractivity contribution in [1.29, 1.82) is 0 Å². The number of aromatic amines is 1. The van der Waals surface area contributed by atoms with Gasteiger partial charge in [-0.3, -0.25) is 9.89 Å². The number of benzene rings is 2. The van der Waals surface area contributed by atoms with E-state index in [1.807, 2.05) is 37.3 Å². The van der Waals surface area contributed by atoms with E-state index in [4.69, 9.17) is 5.73 Å². The zero-order valence-electron chi connectivity index (χ0n) is 11.7. The van der Waals surface area contributed by atoms with Crippen LogP contribution >= 0.6 is 0 Å². The second-order valence-corrected chi connectivity index (χ2v) is 4.99. The number of amides is 1. The lowest BCUT2D eigenvalue weighted by Crippen LogP contribution is -2.23. The Kier molecular flexibility index (Phi) is 3.31. The van der Waals surface area contributed by atoms with Crippen LogP contribution in [0.3, 0.4) is 0 Å². The van der Waals surface area contributed by atoms with Crippen molar-refractivity contribution in [2.24, 2.45) is 0 Å². The minimum atomic E-state index is -0.213. The third kappa shape index (κ3) is 2.58. The first-order valence-electron chi connectivity index (χ1n) is 6.71. The van der Waals surface area contributed by atoms with E-state index in [9.17, 15) is 4.79 Å². The van der Waals surface area contributed by atoms with Crippen LogP contribution < -0.4 is 11.1 Å². The third-order valence-corrected chi connectivity index (χ3v) is 3.50. The first kappa shape index (κ1) is 13.2. The fourth-order valence-corrected chi connectivity index (χ4v) is 2.27. The highest BCUT2D eigenvalue weighted by molar-refractivity contribution is 6.05. The first-order chi connectivity index (χ1) is 10.1. The molecule has 0 saturated heterocycles. The Hall–Kier alpha value is -2.82. The van der Waals surface area contributed by atoms with Gasteiger partial charge in [0, 0.05) is 17.6 Å². The van der Waals surface area contributed by atoms with Crippen molar-refractivity contribution < 1.29 is 4.79 Å². The molecule has 0 aliphatic heterocycles. The molecule has 0 spiro atoms. The molecule has 2 aromatic carbocycles. The molecule has 106 valence electrons. The molecule has 5 nitrogen and oxygen atoms in total. The minimum Gasteiger partial charge on any atom is -0.399 e. The minimum absolute atomic E-state index is 0.213. The number of rotatable bonds is 3. The first-order valence-corrected chi connectivity index (χ1v) is 6.71. The van der Waals surface area contributed by atoms with Gasteiger partial charge < -0.3 is 11.1 Å². The Morgan fingerprint density at radius 2 is 2.10 bits per heavy atom. The number of anilines is 1. The summed E-state index contributed by atoms with van der Waals surface area (Å²) < 4.78 is 0. The van der Waals surface area contributed by atoms with Crippen molar-refractivity contribution in [3.8, 4) is 0 Å². The maximum Gasteiger partial charge on any atom is 0.272 e. The lowest BCUT2D eigenvalue weighted by atomic mass is 10.1. The molecule has 0 radical (unpaired) electrons. The van der Waals surface area contributed by atoms with Crippen molar-refractivity contribution in [1.82, 2.24) is 15.5 Å². The molecule has 1 aromatic heterocycles. The number of nitrogens with one attached hydrogen (secondary N) is 2. The number of carbonyl (C=O) groups excluding carboxylic acids is 1. The summed E-state index contributed by atoms with van der Waals surface area (Å²) in [7, 11) is 0. The van der Waals surface area contributed by atoms with E-state index < -0.39 is 0 Å². The smallest absolute Gasteiger partial charge is 0.272 e. The number of aryl methyl sites for hydroxylation is 1. The zero-order valence-corrected chi connectivity index (χ0v) is 11.7. The molecule has 0 aliphatic carbocycles. The summed E-state index contributed by atoms with van der Waals surface area (Å²) in [5, 5.41) is 10.5. The third-order valence-electron chi connectivity index (χ3n) is 3.50. The highest BCUT2D eigenvalue weighted by atomic mass is 16.1. The van der Waals surface area contributed by atoms with Crippen LogP contribution in [0.25, 0.3) is 10.9 Å². The standard InChI is InChI=1S/C16H16N4O/c1-10-4-2-3-5-11(10)9-18-16(21)15-13-8-12(17)6-7-14(13)19-20-15/h2-8H,9,17H2,1H3,(H,18,21)(H,19,20). The number of nitrogens with two attached hydrogens (primary N) is 1. The van der Waals surface area contributed by atoms with E-state index in [2.05, 4.69) is 15.5 Å². The Bertz CT molecular complexity index is 807. The Morgan fingerprint density at radius 1 is 1.29 bits per heavy atom. The van der Waals surface area contributed by atoms with Gasteiger partial charge in [-0.15, -0.1) is 0 Å². The molecular weight excluding hydrogens is 264 g/mol. The monoisotopic (exact) mass is 280 g/mol. The van der Waals surface area contributed by atoms with Crippen LogP contribution in [0, 0.1) is 6.92 Å². The summed E-state index contributed by atoms with van der Waals surface area (Å²) >= 11 is 0. The van der Waals surface area contributed by atoms with Crippen LogP contribution in [-0.2, 0) is 6.54 Å². The molecular formula is C16H16N4O. The summed E-state index contributed by atoms with van der Waals surface area (Å²) in [5.41, 5.74) is 9.77. The summed E-state index contributed by atoms with van der Waals surface area (Å²) in [6.45, 7) is 2.49. The molecule has 0 unspecified atom stereocenters. The maximum absolute atomic E-state index is 12.3. The van der Waals surface area contributed by atoms with Gasteiger partial charge in [-0.2, -0.15) is 5.10 Å². The van der Waals surface area contributed by atoms with Gasteiger partial charge in [0.1, 0.15) is 0 Å². The number of carbonyl (C=O) groups is 1. The molecule has 4 N–H and O–H groups in total. The number of hydrogen-bond donors (Lipinski definition) is 3. The van der Waals surface area contributed by atoms with E-state index in [1.54, 1.807) is 12.1 Å². The average Bonchev–Trinajstić information content (AvgIpc) is 2.89. The Morgan fingerprint density at radius 3 is 2.90 bits per heavy atom. The van der Waals surface area contributed by atoms with Gasteiger partial charge in [0.05, 0.1) is 5.52 Å². The summed E-state index contributed by atoms with van der Waals surface area (Å²) in [4.78, 5) is 12.3.